The number of halogens is 1. The first-order valence-electron chi connectivity index (χ1n) is 11.9. The number of amides is 1. The van der Waals surface area contributed by atoms with E-state index in [1.165, 1.54) is 16.7 Å². The average molecular weight is 473 g/mol. The van der Waals surface area contributed by atoms with Crippen LogP contribution in [-0.4, -0.2) is 26.4 Å². The molecule has 1 aromatic heterocycles. The monoisotopic (exact) mass is 472 g/mol. The highest BCUT2D eigenvalue weighted by atomic mass is 35.5. The molecule has 0 radical (unpaired) electrons. The van der Waals surface area contributed by atoms with E-state index in [4.69, 9.17) is 16.7 Å². The Bertz CT molecular complexity index is 1270. The summed E-state index contributed by atoms with van der Waals surface area (Å²) >= 11 is 6.42. The van der Waals surface area contributed by atoms with Crippen LogP contribution in [0.15, 0.2) is 65.4 Å². The Morgan fingerprint density at radius 1 is 1.09 bits per heavy atom. The van der Waals surface area contributed by atoms with Gasteiger partial charge in [-0.05, 0) is 62.8 Å². The molecule has 1 fully saturated rings. The zero-order chi connectivity index (χ0) is 23.8. The number of nitrogens with zero attached hydrogens (tertiary/aromatic N) is 4. The molecule has 2 atom stereocenters. The molecule has 0 saturated heterocycles. The van der Waals surface area contributed by atoms with Gasteiger partial charge in [0, 0.05) is 18.7 Å². The SMILES string of the molecule is CCn1cc(Cl)c(C(=O)N2N=C3/C(=C/c4ccc(C)cc4)CCC[C@H]3[C@H]2c2ccc(C)cc2)n1. The predicted molar refractivity (Wildman–Crippen MR) is 137 cm³/mol. The molecule has 0 spiro atoms. The summed E-state index contributed by atoms with van der Waals surface area (Å²) in [5.41, 5.74) is 7.15. The first-order chi connectivity index (χ1) is 16.4. The molecule has 1 aliphatic heterocycles. The molecule has 0 unspecified atom stereocenters. The standard InChI is InChI=1S/C28H29ClN4O/c1-4-32-17-24(29)26(30-32)28(34)33-27(21-14-10-19(3)11-15-21)23-7-5-6-22(25(23)31-33)16-20-12-8-18(2)9-13-20/h8-17,23,27H,4-7H2,1-3H3/b22-16+/t23-,27-/m1/s1. The highest BCUT2D eigenvalue weighted by Gasteiger charge is 2.44. The smallest absolute Gasteiger partial charge is 0.271 e. The maximum atomic E-state index is 13.7. The van der Waals surface area contributed by atoms with Gasteiger partial charge >= 0.3 is 0 Å². The van der Waals surface area contributed by atoms with E-state index in [1.807, 2.05) is 6.92 Å². The van der Waals surface area contributed by atoms with Crippen LogP contribution in [-0.2, 0) is 6.54 Å². The second kappa shape index (κ2) is 9.22. The lowest BCUT2D eigenvalue weighted by Crippen LogP contribution is -2.32. The summed E-state index contributed by atoms with van der Waals surface area (Å²) in [6.45, 7) is 6.78. The number of aromatic nitrogens is 2. The van der Waals surface area contributed by atoms with Crippen LogP contribution in [0.1, 0.15) is 65.0 Å². The first kappa shape index (κ1) is 22.6. The maximum absolute atomic E-state index is 13.7. The van der Waals surface area contributed by atoms with Gasteiger partial charge in [0.2, 0.25) is 0 Å². The van der Waals surface area contributed by atoms with Gasteiger partial charge in [0.05, 0.1) is 16.8 Å². The van der Waals surface area contributed by atoms with Gasteiger partial charge in [-0.15, -0.1) is 0 Å². The van der Waals surface area contributed by atoms with Crippen LogP contribution in [0.3, 0.4) is 0 Å². The van der Waals surface area contributed by atoms with Gasteiger partial charge in [-0.3, -0.25) is 9.48 Å². The van der Waals surface area contributed by atoms with Crippen LogP contribution in [0.2, 0.25) is 5.02 Å². The zero-order valence-electron chi connectivity index (χ0n) is 19.8. The fraction of sp³-hybridized carbons (Fsp3) is 0.321. The minimum Gasteiger partial charge on any atom is -0.271 e. The fourth-order valence-corrected chi connectivity index (χ4v) is 5.17. The molecule has 1 amide bonds. The summed E-state index contributed by atoms with van der Waals surface area (Å²) in [4.78, 5) is 13.7. The Morgan fingerprint density at radius 2 is 1.76 bits per heavy atom. The molecule has 2 aromatic carbocycles. The molecule has 5 nitrogen and oxygen atoms in total. The van der Waals surface area contributed by atoms with Crippen LogP contribution in [0, 0.1) is 19.8 Å². The van der Waals surface area contributed by atoms with Crippen molar-refractivity contribution < 1.29 is 4.79 Å². The Kier molecular flexibility index (Phi) is 6.13. The minimum absolute atomic E-state index is 0.143. The molecule has 174 valence electrons. The highest BCUT2D eigenvalue weighted by molar-refractivity contribution is 6.33. The summed E-state index contributed by atoms with van der Waals surface area (Å²) in [6, 6.07) is 16.8. The number of fused-ring (bicyclic) bond motifs is 1. The molecule has 0 bridgehead atoms. The lowest BCUT2D eigenvalue weighted by Gasteiger charge is -2.29. The Balaban J connectivity index is 1.58. The van der Waals surface area contributed by atoms with Crippen molar-refractivity contribution in [2.45, 2.75) is 52.6 Å². The van der Waals surface area contributed by atoms with E-state index in [0.29, 0.717) is 11.6 Å². The van der Waals surface area contributed by atoms with Crippen molar-refractivity contribution in [3.8, 4) is 0 Å². The third kappa shape index (κ3) is 4.21. The van der Waals surface area contributed by atoms with Gasteiger partial charge in [-0.2, -0.15) is 10.2 Å². The van der Waals surface area contributed by atoms with Crippen molar-refractivity contribution >= 4 is 29.3 Å². The number of allylic oxidation sites excluding steroid dienone is 1. The summed E-state index contributed by atoms with van der Waals surface area (Å²) in [7, 11) is 0. The average Bonchev–Trinajstić information content (AvgIpc) is 3.42. The van der Waals surface area contributed by atoms with Gasteiger partial charge in [0.1, 0.15) is 0 Å². The van der Waals surface area contributed by atoms with Gasteiger partial charge in [-0.25, -0.2) is 5.01 Å². The van der Waals surface area contributed by atoms with E-state index in [9.17, 15) is 4.79 Å². The number of carbonyl (C=O) groups excluding carboxylic acids is 1. The van der Waals surface area contributed by atoms with E-state index >= 15 is 0 Å². The van der Waals surface area contributed by atoms with Crippen molar-refractivity contribution in [2.75, 3.05) is 0 Å². The van der Waals surface area contributed by atoms with Gasteiger partial charge in [0.15, 0.2) is 5.69 Å². The summed E-state index contributed by atoms with van der Waals surface area (Å²) in [6.07, 6.45) is 6.94. The number of aryl methyl sites for hydroxylation is 3. The molecular formula is C28H29ClN4O. The number of hydrazone groups is 1. The number of carbonyl (C=O) groups is 1. The lowest BCUT2D eigenvalue weighted by molar-refractivity contribution is 0.0674. The molecule has 1 saturated carbocycles. The maximum Gasteiger partial charge on any atom is 0.296 e. The predicted octanol–water partition coefficient (Wildman–Crippen LogP) is 6.61. The van der Waals surface area contributed by atoms with E-state index in [2.05, 4.69) is 73.6 Å². The van der Waals surface area contributed by atoms with Crippen molar-refractivity contribution in [1.29, 1.82) is 0 Å². The van der Waals surface area contributed by atoms with Crippen molar-refractivity contribution in [3.63, 3.8) is 0 Å². The molecule has 5 rings (SSSR count). The molecule has 6 heteroatoms. The molecule has 0 N–H and O–H groups in total. The van der Waals surface area contributed by atoms with E-state index in [0.717, 1.165) is 36.1 Å². The number of rotatable bonds is 4. The van der Waals surface area contributed by atoms with Gasteiger partial charge < -0.3 is 0 Å². The highest BCUT2D eigenvalue weighted by Crippen LogP contribution is 2.45. The topological polar surface area (TPSA) is 50.5 Å². The molecule has 3 aromatic rings. The third-order valence-electron chi connectivity index (χ3n) is 6.79. The van der Waals surface area contributed by atoms with Gasteiger partial charge in [0.25, 0.3) is 5.91 Å². The molecule has 34 heavy (non-hydrogen) atoms. The minimum atomic E-state index is -0.251. The van der Waals surface area contributed by atoms with Crippen LogP contribution in [0.4, 0.5) is 0 Å². The molecule has 2 aliphatic rings. The molecule has 2 heterocycles. The van der Waals surface area contributed by atoms with E-state index in [1.54, 1.807) is 15.9 Å². The summed E-state index contributed by atoms with van der Waals surface area (Å²) in [5, 5.41) is 11.4. The number of hydrogen-bond donors (Lipinski definition) is 0. The van der Waals surface area contributed by atoms with Crippen LogP contribution in [0.25, 0.3) is 6.08 Å². The van der Waals surface area contributed by atoms with Gasteiger partial charge in [-0.1, -0.05) is 71.3 Å². The van der Waals surface area contributed by atoms with Crippen LogP contribution >= 0.6 is 11.6 Å². The fourth-order valence-electron chi connectivity index (χ4n) is 4.94. The second-order valence-corrected chi connectivity index (χ2v) is 9.66. The Morgan fingerprint density at radius 3 is 2.41 bits per heavy atom. The molecular weight excluding hydrogens is 444 g/mol. The van der Waals surface area contributed by atoms with Crippen molar-refractivity contribution in [2.24, 2.45) is 11.0 Å². The first-order valence-corrected chi connectivity index (χ1v) is 12.3. The number of benzene rings is 2. The second-order valence-electron chi connectivity index (χ2n) is 9.25. The Hall–Kier alpha value is -3.18. The summed E-state index contributed by atoms with van der Waals surface area (Å²) in [5.74, 6) is -0.108. The summed E-state index contributed by atoms with van der Waals surface area (Å²) < 4.78 is 1.69. The largest absolute Gasteiger partial charge is 0.296 e. The van der Waals surface area contributed by atoms with Crippen LogP contribution in [0.5, 0.6) is 0 Å². The van der Waals surface area contributed by atoms with Crippen molar-refractivity contribution in [1.82, 2.24) is 14.8 Å². The van der Waals surface area contributed by atoms with E-state index in [-0.39, 0.29) is 23.6 Å². The van der Waals surface area contributed by atoms with Crippen molar-refractivity contribution in [3.05, 3.63) is 93.3 Å². The quantitative estimate of drug-likeness (QED) is 0.429. The molecule has 1 aliphatic carbocycles. The number of hydrogen-bond acceptors (Lipinski definition) is 3. The Labute approximate surface area is 205 Å². The normalized spacial score (nSPS) is 21.0. The third-order valence-corrected chi connectivity index (χ3v) is 7.07. The van der Waals surface area contributed by atoms with Crippen LogP contribution < -0.4 is 0 Å². The lowest BCUT2D eigenvalue weighted by atomic mass is 9.77. The van der Waals surface area contributed by atoms with E-state index < -0.39 is 0 Å². The zero-order valence-corrected chi connectivity index (χ0v) is 20.6.